The number of nitrogens with zero attached hydrogens (tertiary/aromatic N) is 3. The molecular formula is C11H17N3. The summed E-state index contributed by atoms with van der Waals surface area (Å²) in [6.45, 7) is 6.88. The number of nitriles is 1. The monoisotopic (exact) mass is 191 g/mol. The van der Waals surface area contributed by atoms with Crippen LogP contribution in [0.3, 0.4) is 0 Å². The third kappa shape index (κ3) is 3.21. The second kappa shape index (κ2) is 4.28. The molecule has 0 aliphatic rings. The van der Waals surface area contributed by atoms with Crippen LogP contribution in [0.25, 0.3) is 0 Å². The predicted octanol–water partition coefficient (Wildman–Crippen LogP) is 2.52. The molecule has 0 saturated heterocycles. The lowest BCUT2D eigenvalue weighted by Crippen LogP contribution is -2.09. The fraction of sp³-hybridized carbons (Fsp3) is 0.636. The van der Waals surface area contributed by atoms with Gasteiger partial charge < -0.3 is 0 Å². The van der Waals surface area contributed by atoms with Gasteiger partial charge in [0.25, 0.3) is 0 Å². The molecule has 0 atom stereocenters. The van der Waals surface area contributed by atoms with Crippen LogP contribution in [0.15, 0.2) is 12.4 Å². The zero-order chi connectivity index (χ0) is 10.6. The Morgan fingerprint density at radius 2 is 2.29 bits per heavy atom. The van der Waals surface area contributed by atoms with Gasteiger partial charge in [-0.15, -0.1) is 0 Å². The molecule has 0 aromatic carbocycles. The van der Waals surface area contributed by atoms with Crippen LogP contribution < -0.4 is 0 Å². The summed E-state index contributed by atoms with van der Waals surface area (Å²) in [6, 6.07) is 2.30. The lowest BCUT2D eigenvalue weighted by Gasteiger charge is -2.14. The highest BCUT2D eigenvalue weighted by molar-refractivity contribution is 4.99. The SMILES string of the molecule is Cc1cnn(CCCC(C)(C)C#N)c1. The van der Waals surface area contributed by atoms with Crippen LogP contribution in [0.4, 0.5) is 0 Å². The van der Waals surface area contributed by atoms with Gasteiger partial charge in [0.15, 0.2) is 0 Å². The highest BCUT2D eigenvalue weighted by Gasteiger charge is 2.15. The quantitative estimate of drug-likeness (QED) is 0.733. The fourth-order valence-corrected chi connectivity index (χ4v) is 1.33. The normalized spacial score (nSPS) is 11.3. The minimum Gasteiger partial charge on any atom is -0.272 e. The first-order valence-corrected chi connectivity index (χ1v) is 4.94. The van der Waals surface area contributed by atoms with Gasteiger partial charge in [0.2, 0.25) is 0 Å². The molecule has 0 N–H and O–H groups in total. The zero-order valence-corrected chi connectivity index (χ0v) is 9.12. The van der Waals surface area contributed by atoms with E-state index in [4.69, 9.17) is 5.26 Å². The lowest BCUT2D eigenvalue weighted by molar-refractivity contribution is 0.407. The molecule has 0 saturated carbocycles. The van der Waals surface area contributed by atoms with Crippen molar-refractivity contribution in [1.29, 1.82) is 5.26 Å². The molecule has 1 aromatic rings. The van der Waals surface area contributed by atoms with Crippen LogP contribution in [-0.2, 0) is 6.54 Å². The van der Waals surface area contributed by atoms with E-state index in [1.807, 2.05) is 37.8 Å². The molecule has 0 spiro atoms. The summed E-state index contributed by atoms with van der Waals surface area (Å²) in [7, 11) is 0. The molecule has 0 radical (unpaired) electrons. The van der Waals surface area contributed by atoms with Gasteiger partial charge in [-0.3, -0.25) is 4.68 Å². The third-order valence-corrected chi connectivity index (χ3v) is 2.25. The lowest BCUT2D eigenvalue weighted by atomic mass is 9.90. The van der Waals surface area contributed by atoms with Gasteiger partial charge >= 0.3 is 0 Å². The van der Waals surface area contributed by atoms with Crippen molar-refractivity contribution in [1.82, 2.24) is 9.78 Å². The van der Waals surface area contributed by atoms with Gasteiger partial charge in [0.05, 0.1) is 17.7 Å². The summed E-state index contributed by atoms with van der Waals surface area (Å²) in [5.74, 6) is 0. The van der Waals surface area contributed by atoms with Crippen molar-refractivity contribution in [3.05, 3.63) is 18.0 Å². The van der Waals surface area contributed by atoms with E-state index in [1.165, 1.54) is 5.56 Å². The van der Waals surface area contributed by atoms with Crippen LogP contribution >= 0.6 is 0 Å². The van der Waals surface area contributed by atoms with Gasteiger partial charge in [0.1, 0.15) is 0 Å². The maximum atomic E-state index is 8.82. The Bertz CT molecular complexity index is 331. The molecular weight excluding hydrogens is 174 g/mol. The summed E-state index contributed by atoms with van der Waals surface area (Å²) >= 11 is 0. The predicted molar refractivity (Wildman–Crippen MR) is 55.6 cm³/mol. The van der Waals surface area contributed by atoms with Crippen molar-refractivity contribution in [3.63, 3.8) is 0 Å². The molecule has 14 heavy (non-hydrogen) atoms. The Morgan fingerprint density at radius 3 is 2.79 bits per heavy atom. The van der Waals surface area contributed by atoms with Crippen molar-refractivity contribution < 1.29 is 0 Å². The average Bonchev–Trinajstić information content (AvgIpc) is 2.51. The van der Waals surface area contributed by atoms with E-state index < -0.39 is 0 Å². The summed E-state index contributed by atoms with van der Waals surface area (Å²) in [6.07, 6.45) is 5.80. The second-order valence-corrected chi connectivity index (χ2v) is 4.38. The molecule has 3 heteroatoms. The summed E-state index contributed by atoms with van der Waals surface area (Å²) in [5.41, 5.74) is 0.979. The topological polar surface area (TPSA) is 41.6 Å². The molecule has 1 rings (SSSR count). The highest BCUT2D eigenvalue weighted by atomic mass is 15.3. The Morgan fingerprint density at radius 1 is 1.57 bits per heavy atom. The van der Waals surface area contributed by atoms with Crippen LogP contribution in [0, 0.1) is 23.7 Å². The minimum atomic E-state index is -0.206. The van der Waals surface area contributed by atoms with Crippen molar-refractivity contribution in [3.8, 4) is 6.07 Å². The molecule has 3 nitrogen and oxygen atoms in total. The number of hydrogen-bond donors (Lipinski definition) is 0. The Hall–Kier alpha value is -1.30. The fourth-order valence-electron chi connectivity index (χ4n) is 1.33. The second-order valence-electron chi connectivity index (χ2n) is 4.38. The largest absolute Gasteiger partial charge is 0.272 e. The van der Waals surface area contributed by atoms with Gasteiger partial charge in [-0.2, -0.15) is 10.4 Å². The maximum Gasteiger partial charge on any atom is 0.0683 e. The summed E-state index contributed by atoms with van der Waals surface area (Å²) in [5, 5.41) is 13.0. The van der Waals surface area contributed by atoms with Crippen molar-refractivity contribution in [2.75, 3.05) is 0 Å². The smallest absolute Gasteiger partial charge is 0.0683 e. The van der Waals surface area contributed by atoms with E-state index in [0.29, 0.717) is 0 Å². The Balaban J connectivity index is 2.33. The molecule has 1 aromatic heterocycles. The van der Waals surface area contributed by atoms with E-state index in [-0.39, 0.29) is 5.41 Å². The first-order valence-electron chi connectivity index (χ1n) is 4.94. The molecule has 0 aliphatic heterocycles. The molecule has 1 heterocycles. The Kier molecular flexibility index (Phi) is 3.29. The number of hydrogen-bond acceptors (Lipinski definition) is 2. The molecule has 0 fully saturated rings. The van der Waals surface area contributed by atoms with Gasteiger partial charge in [-0.1, -0.05) is 0 Å². The van der Waals surface area contributed by atoms with E-state index in [0.717, 1.165) is 19.4 Å². The van der Waals surface area contributed by atoms with Crippen LogP contribution in [-0.4, -0.2) is 9.78 Å². The van der Waals surface area contributed by atoms with E-state index in [1.54, 1.807) is 0 Å². The zero-order valence-electron chi connectivity index (χ0n) is 9.12. The van der Waals surface area contributed by atoms with Crippen LogP contribution in [0.1, 0.15) is 32.3 Å². The molecule has 0 aliphatic carbocycles. The number of aromatic nitrogens is 2. The molecule has 0 amide bonds. The molecule has 0 unspecified atom stereocenters. The van der Waals surface area contributed by atoms with Gasteiger partial charge in [0, 0.05) is 12.7 Å². The highest BCUT2D eigenvalue weighted by Crippen LogP contribution is 2.20. The van der Waals surface area contributed by atoms with Gasteiger partial charge in [-0.05, 0) is 39.2 Å². The first-order chi connectivity index (χ1) is 6.53. The Labute approximate surface area is 85.4 Å². The third-order valence-electron chi connectivity index (χ3n) is 2.25. The number of aryl methyl sites for hydroxylation is 2. The van der Waals surface area contributed by atoms with Crippen LogP contribution in [0.5, 0.6) is 0 Å². The van der Waals surface area contributed by atoms with Crippen molar-refractivity contribution in [2.24, 2.45) is 5.41 Å². The molecule has 76 valence electrons. The first kappa shape index (κ1) is 10.8. The number of rotatable bonds is 4. The van der Waals surface area contributed by atoms with E-state index in [2.05, 4.69) is 11.2 Å². The maximum absolute atomic E-state index is 8.82. The summed E-state index contributed by atoms with van der Waals surface area (Å²) < 4.78 is 1.93. The minimum absolute atomic E-state index is 0.206. The van der Waals surface area contributed by atoms with E-state index in [9.17, 15) is 0 Å². The average molecular weight is 191 g/mol. The standard InChI is InChI=1S/C11H17N3/c1-10-7-13-14(8-10)6-4-5-11(2,3)9-12/h7-8H,4-6H2,1-3H3. The van der Waals surface area contributed by atoms with Crippen LogP contribution in [0.2, 0.25) is 0 Å². The van der Waals surface area contributed by atoms with Crippen molar-refractivity contribution in [2.45, 2.75) is 40.2 Å². The van der Waals surface area contributed by atoms with E-state index >= 15 is 0 Å². The van der Waals surface area contributed by atoms with Crippen molar-refractivity contribution >= 4 is 0 Å². The summed E-state index contributed by atoms with van der Waals surface area (Å²) in [4.78, 5) is 0. The molecule has 0 bridgehead atoms. The van der Waals surface area contributed by atoms with Gasteiger partial charge in [-0.25, -0.2) is 0 Å².